The van der Waals surface area contributed by atoms with Crippen molar-refractivity contribution in [2.45, 2.75) is 19.8 Å². The molecule has 0 aliphatic heterocycles. The van der Waals surface area contributed by atoms with Gasteiger partial charge in [0.25, 0.3) is 5.91 Å². The average molecular weight is 264 g/mol. The number of hydrogen-bond acceptors (Lipinski definition) is 3. The minimum absolute atomic E-state index is 0.0413. The van der Waals surface area contributed by atoms with Gasteiger partial charge in [-0.25, -0.2) is 0 Å². The molecule has 0 radical (unpaired) electrons. The highest BCUT2D eigenvalue weighted by molar-refractivity contribution is 5.95. The van der Waals surface area contributed by atoms with Crippen LogP contribution in [-0.2, 0) is 0 Å². The molecule has 0 bridgehead atoms. The van der Waals surface area contributed by atoms with Gasteiger partial charge in [0.15, 0.2) is 0 Å². The number of amides is 1. The Morgan fingerprint density at radius 2 is 2.16 bits per heavy atom. The van der Waals surface area contributed by atoms with E-state index in [0.29, 0.717) is 18.0 Å². The molecule has 0 fully saturated rings. The summed E-state index contributed by atoms with van der Waals surface area (Å²) in [5, 5.41) is 11.8. The Morgan fingerprint density at radius 1 is 1.42 bits per heavy atom. The van der Waals surface area contributed by atoms with E-state index >= 15 is 0 Å². The summed E-state index contributed by atoms with van der Waals surface area (Å²) in [6.45, 7) is 2.86. The van der Waals surface area contributed by atoms with Gasteiger partial charge in [-0.3, -0.25) is 4.79 Å². The lowest BCUT2D eigenvalue weighted by molar-refractivity contribution is 0.0952. The number of anilines is 1. The minimum Gasteiger partial charge on any atom is -0.396 e. The largest absolute Gasteiger partial charge is 0.396 e. The van der Waals surface area contributed by atoms with E-state index < -0.39 is 0 Å². The summed E-state index contributed by atoms with van der Waals surface area (Å²) in [5.41, 5.74) is 1.70. The van der Waals surface area contributed by atoms with Crippen molar-refractivity contribution in [1.82, 2.24) is 5.32 Å². The molecule has 2 N–H and O–H groups in total. The van der Waals surface area contributed by atoms with E-state index in [0.717, 1.165) is 18.5 Å². The maximum absolute atomic E-state index is 12.0. The predicted molar refractivity (Wildman–Crippen MR) is 78.6 cm³/mol. The summed E-state index contributed by atoms with van der Waals surface area (Å²) < 4.78 is 0. The van der Waals surface area contributed by atoms with E-state index in [9.17, 15) is 4.79 Å². The standard InChI is InChI=1S/C15H24N2O2/c1-12(11-18)6-5-9-16-15(19)13-7-4-8-14(10-13)17(2)3/h4,7-8,10,12,18H,5-6,9,11H2,1-3H3,(H,16,19). The van der Waals surface area contributed by atoms with Crippen LogP contribution in [0.25, 0.3) is 0 Å². The molecule has 0 aliphatic carbocycles. The van der Waals surface area contributed by atoms with Crippen LogP contribution in [0.1, 0.15) is 30.1 Å². The van der Waals surface area contributed by atoms with Gasteiger partial charge >= 0.3 is 0 Å². The van der Waals surface area contributed by atoms with Crippen molar-refractivity contribution in [3.8, 4) is 0 Å². The number of rotatable bonds is 7. The zero-order chi connectivity index (χ0) is 14.3. The summed E-state index contributed by atoms with van der Waals surface area (Å²) in [6.07, 6.45) is 1.81. The molecule has 0 aromatic heterocycles. The number of aliphatic hydroxyl groups is 1. The molecule has 0 spiro atoms. The fourth-order valence-electron chi connectivity index (χ4n) is 1.77. The quantitative estimate of drug-likeness (QED) is 0.739. The summed E-state index contributed by atoms with van der Waals surface area (Å²) in [4.78, 5) is 13.9. The molecule has 1 amide bonds. The molecular weight excluding hydrogens is 240 g/mol. The van der Waals surface area contributed by atoms with E-state index in [4.69, 9.17) is 5.11 Å². The molecule has 19 heavy (non-hydrogen) atoms. The Kier molecular flexibility index (Phi) is 6.36. The first-order valence-electron chi connectivity index (χ1n) is 6.71. The van der Waals surface area contributed by atoms with E-state index in [1.165, 1.54) is 0 Å². The highest BCUT2D eigenvalue weighted by atomic mass is 16.3. The van der Waals surface area contributed by atoms with Crippen LogP contribution in [0, 0.1) is 5.92 Å². The minimum atomic E-state index is -0.0413. The van der Waals surface area contributed by atoms with E-state index in [2.05, 4.69) is 5.32 Å². The van der Waals surface area contributed by atoms with Crippen molar-refractivity contribution in [1.29, 1.82) is 0 Å². The van der Waals surface area contributed by atoms with Gasteiger partial charge in [-0.1, -0.05) is 13.0 Å². The molecule has 1 aromatic carbocycles. The number of nitrogens with one attached hydrogen (secondary N) is 1. The van der Waals surface area contributed by atoms with Gasteiger partial charge in [-0.15, -0.1) is 0 Å². The monoisotopic (exact) mass is 264 g/mol. The van der Waals surface area contributed by atoms with Crippen LogP contribution in [0.5, 0.6) is 0 Å². The van der Waals surface area contributed by atoms with Crippen LogP contribution in [0.4, 0.5) is 5.69 Å². The molecular formula is C15H24N2O2. The van der Waals surface area contributed by atoms with Crippen LogP contribution in [0.3, 0.4) is 0 Å². The number of carbonyl (C=O) groups excluding carboxylic acids is 1. The zero-order valence-electron chi connectivity index (χ0n) is 12.0. The SMILES string of the molecule is CC(CO)CCCNC(=O)c1cccc(N(C)C)c1. The fourth-order valence-corrected chi connectivity index (χ4v) is 1.77. The second-order valence-electron chi connectivity index (χ2n) is 5.13. The van der Waals surface area contributed by atoms with Crippen LogP contribution < -0.4 is 10.2 Å². The summed E-state index contributed by atoms with van der Waals surface area (Å²) in [5.74, 6) is 0.259. The van der Waals surface area contributed by atoms with Crippen molar-refractivity contribution in [2.24, 2.45) is 5.92 Å². The topological polar surface area (TPSA) is 52.6 Å². The Morgan fingerprint density at radius 3 is 2.79 bits per heavy atom. The first-order chi connectivity index (χ1) is 9.04. The summed E-state index contributed by atoms with van der Waals surface area (Å²) in [6, 6.07) is 7.56. The Labute approximate surface area is 115 Å². The summed E-state index contributed by atoms with van der Waals surface area (Å²) in [7, 11) is 3.90. The van der Waals surface area contributed by atoms with Gasteiger partial charge in [0.1, 0.15) is 0 Å². The third kappa shape index (κ3) is 5.30. The van der Waals surface area contributed by atoms with Crippen LogP contribution in [-0.4, -0.2) is 38.3 Å². The third-order valence-electron chi connectivity index (χ3n) is 3.10. The average Bonchev–Trinajstić information content (AvgIpc) is 2.43. The second kappa shape index (κ2) is 7.79. The third-order valence-corrected chi connectivity index (χ3v) is 3.10. The fraction of sp³-hybridized carbons (Fsp3) is 0.533. The van der Waals surface area contributed by atoms with Crippen molar-refractivity contribution < 1.29 is 9.90 Å². The van der Waals surface area contributed by atoms with Gasteiger partial charge in [0.05, 0.1) is 0 Å². The maximum atomic E-state index is 12.0. The smallest absolute Gasteiger partial charge is 0.251 e. The van der Waals surface area contributed by atoms with E-state index in [1.807, 2.05) is 50.2 Å². The molecule has 106 valence electrons. The van der Waals surface area contributed by atoms with Crippen molar-refractivity contribution in [3.05, 3.63) is 29.8 Å². The first kappa shape index (κ1) is 15.5. The van der Waals surface area contributed by atoms with Crippen LogP contribution >= 0.6 is 0 Å². The molecule has 0 saturated heterocycles. The van der Waals surface area contributed by atoms with Gasteiger partial charge in [0.2, 0.25) is 0 Å². The van der Waals surface area contributed by atoms with Crippen molar-refractivity contribution >= 4 is 11.6 Å². The van der Waals surface area contributed by atoms with Crippen LogP contribution in [0.15, 0.2) is 24.3 Å². The molecule has 1 atom stereocenters. The van der Waals surface area contributed by atoms with E-state index in [1.54, 1.807) is 0 Å². The lowest BCUT2D eigenvalue weighted by Gasteiger charge is -2.13. The van der Waals surface area contributed by atoms with Crippen LogP contribution in [0.2, 0.25) is 0 Å². The molecule has 1 unspecified atom stereocenters. The summed E-state index contributed by atoms with van der Waals surface area (Å²) >= 11 is 0. The molecule has 1 aromatic rings. The number of hydrogen-bond donors (Lipinski definition) is 2. The normalized spacial score (nSPS) is 12.0. The highest BCUT2D eigenvalue weighted by Gasteiger charge is 2.06. The Balaban J connectivity index is 2.43. The Hall–Kier alpha value is -1.55. The molecule has 0 saturated carbocycles. The molecule has 0 aliphatic rings. The predicted octanol–water partition coefficient (Wildman–Crippen LogP) is 1.89. The first-order valence-corrected chi connectivity index (χ1v) is 6.71. The van der Waals surface area contributed by atoms with Crippen molar-refractivity contribution in [3.63, 3.8) is 0 Å². The van der Waals surface area contributed by atoms with Gasteiger partial charge in [-0.05, 0) is 37.0 Å². The van der Waals surface area contributed by atoms with Gasteiger partial charge in [-0.2, -0.15) is 0 Å². The van der Waals surface area contributed by atoms with E-state index in [-0.39, 0.29) is 12.5 Å². The molecule has 0 heterocycles. The number of aliphatic hydroxyl groups excluding tert-OH is 1. The van der Waals surface area contributed by atoms with Gasteiger partial charge in [0, 0.05) is 38.5 Å². The number of benzene rings is 1. The highest BCUT2D eigenvalue weighted by Crippen LogP contribution is 2.13. The zero-order valence-corrected chi connectivity index (χ0v) is 12.0. The molecule has 1 rings (SSSR count). The Bertz CT molecular complexity index is 405. The molecule has 4 nitrogen and oxygen atoms in total. The number of nitrogens with zero attached hydrogens (tertiary/aromatic N) is 1. The second-order valence-corrected chi connectivity index (χ2v) is 5.13. The van der Waals surface area contributed by atoms with Crippen molar-refractivity contribution in [2.75, 3.05) is 32.1 Å². The lowest BCUT2D eigenvalue weighted by Crippen LogP contribution is -2.25. The van der Waals surface area contributed by atoms with Gasteiger partial charge < -0.3 is 15.3 Å². The molecule has 4 heteroatoms. The maximum Gasteiger partial charge on any atom is 0.251 e. The lowest BCUT2D eigenvalue weighted by atomic mass is 10.1. The number of carbonyl (C=O) groups is 1.